The van der Waals surface area contributed by atoms with E-state index in [1.54, 1.807) is 18.2 Å². The molecule has 0 heterocycles. The third kappa shape index (κ3) is 6.93. The van der Waals surface area contributed by atoms with Gasteiger partial charge in [0.25, 0.3) is 5.91 Å². The van der Waals surface area contributed by atoms with Crippen LogP contribution >= 0.6 is 23.2 Å². The molecule has 1 atom stereocenters. The Hall–Kier alpha value is -2.26. The van der Waals surface area contributed by atoms with Gasteiger partial charge in [-0.25, -0.2) is 4.79 Å². The van der Waals surface area contributed by atoms with Gasteiger partial charge < -0.3 is 10.1 Å². The van der Waals surface area contributed by atoms with Crippen molar-refractivity contribution in [2.75, 3.05) is 7.11 Å². The smallest absolute Gasteiger partial charge is 0.328 e. The van der Waals surface area contributed by atoms with Crippen LogP contribution in [0.25, 0.3) is 0 Å². The molecule has 0 saturated carbocycles. The number of hydrogen-bond acceptors (Lipinski definition) is 3. The van der Waals surface area contributed by atoms with E-state index in [4.69, 9.17) is 27.9 Å². The van der Waals surface area contributed by atoms with Crippen LogP contribution in [-0.4, -0.2) is 33.1 Å². The molecule has 0 spiro atoms. The average Bonchev–Trinajstić information content (AvgIpc) is 2.65. The molecule has 0 unspecified atom stereocenters. The average molecular weight is 448 g/mol. The molecule has 0 radical (unpaired) electrons. The lowest BCUT2D eigenvalue weighted by molar-refractivity contribution is -0.142. The normalized spacial score (nSPS) is 11.8. The zero-order chi connectivity index (χ0) is 21.6. The van der Waals surface area contributed by atoms with E-state index >= 15 is 0 Å². The van der Waals surface area contributed by atoms with Crippen LogP contribution in [0.15, 0.2) is 42.5 Å². The van der Waals surface area contributed by atoms with Crippen molar-refractivity contribution in [3.05, 3.63) is 69.2 Å². The Morgan fingerprint density at radius 3 is 2.17 bits per heavy atom. The molecule has 4 nitrogen and oxygen atoms in total. The third-order valence-corrected chi connectivity index (χ3v) is 5.46. The predicted molar refractivity (Wildman–Crippen MR) is 120 cm³/mol. The highest BCUT2D eigenvalue weighted by Gasteiger charge is 2.24. The molecule has 0 saturated heterocycles. The number of esters is 1. The van der Waals surface area contributed by atoms with Crippen molar-refractivity contribution in [3.8, 4) is 11.5 Å². The van der Waals surface area contributed by atoms with E-state index in [1.807, 2.05) is 24.3 Å². The molecule has 0 fully saturated rings. The molecule has 2 aromatic rings. The lowest BCUT2D eigenvalue weighted by atomic mass is 10.0. The second-order valence-electron chi connectivity index (χ2n) is 7.55. The SMILES string of the molecule is COC(=O)[C@H](Cc1ccc(C#C[Si](C)(C)C)cc1)NC(=O)c1c(Cl)cccc1Cl. The molecule has 2 aromatic carbocycles. The summed E-state index contributed by atoms with van der Waals surface area (Å²) in [6.45, 7) is 6.55. The van der Waals surface area contributed by atoms with Gasteiger partial charge in [-0.3, -0.25) is 4.79 Å². The van der Waals surface area contributed by atoms with Gasteiger partial charge in [0.15, 0.2) is 0 Å². The zero-order valence-electron chi connectivity index (χ0n) is 16.8. The van der Waals surface area contributed by atoms with E-state index in [9.17, 15) is 9.59 Å². The summed E-state index contributed by atoms with van der Waals surface area (Å²) in [5.74, 6) is 2.10. The van der Waals surface area contributed by atoms with E-state index in [0.717, 1.165) is 11.1 Å². The van der Waals surface area contributed by atoms with Crippen LogP contribution in [0.5, 0.6) is 0 Å². The zero-order valence-corrected chi connectivity index (χ0v) is 19.3. The topological polar surface area (TPSA) is 55.4 Å². The van der Waals surface area contributed by atoms with Crippen LogP contribution in [0.3, 0.4) is 0 Å². The van der Waals surface area contributed by atoms with Crippen molar-refractivity contribution >= 4 is 43.2 Å². The number of methoxy groups -OCH3 is 1. The molecule has 1 N–H and O–H groups in total. The minimum Gasteiger partial charge on any atom is -0.467 e. The first-order valence-electron chi connectivity index (χ1n) is 9.05. The summed E-state index contributed by atoms with van der Waals surface area (Å²) in [5, 5.41) is 3.09. The van der Waals surface area contributed by atoms with Gasteiger partial charge >= 0.3 is 5.97 Å². The summed E-state index contributed by atoms with van der Waals surface area (Å²) >= 11 is 12.2. The van der Waals surface area contributed by atoms with Gasteiger partial charge in [0.05, 0.1) is 22.7 Å². The van der Waals surface area contributed by atoms with Crippen molar-refractivity contribution < 1.29 is 14.3 Å². The highest BCUT2D eigenvalue weighted by Crippen LogP contribution is 2.24. The Kier molecular flexibility index (Phi) is 7.92. The highest BCUT2D eigenvalue weighted by molar-refractivity contribution is 6.83. The number of amides is 1. The largest absolute Gasteiger partial charge is 0.467 e. The monoisotopic (exact) mass is 447 g/mol. The Bertz CT molecular complexity index is 936. The maximum atomic E-state index is 12.6. The van der Waals surface area contributed by atoms with E-state index in [1.165, 1.54) is 7.11 Å². The number of rotatable bonds is 5. The molecule has 0 aliphatic heterocycles. The first-order chi connectivity index (χ1) is 13.6. The van der Waals surface area contributed by atoms with Gasteiger partial charge in [-0.15, -0.1) is 5.54 Å². The fourth-order valence-corrected chi connectivity index (χ4v) is 3.59. The highest BCUT2D eigenvalue weighted by atomic mass is 35.5. The van der Waals surface area contributed by atoms with E-state index in [2.05, 4.69) is 36.4 Å². The quantitative estimate of drug-likeness (QED) is 0.409. The first-order valence-corrected chi connectivity index (χ1v) is 13.3. The third-order valence-electron chi connectivity index (χ3n) is 3.96. The van der Waals surface area contributed by atoms with Crippen LogP contribution < -0.4 is 5.32 Å². The van der Waals surface area contributed by atoms with Gasteiger partial charge in [0.1, 0.15) is 14.1 Å². The first kappa shape index (κ1) is 23.0. The van der Waals surface area contributed by atoms with Crippen molar-refractivity contribution in [1.82, 2.24) is 5.32 Å². The molecular weight excluding hydrogens is 425 g/mol. The minimum absolute atomic E-state index is 0.127. The van der Waals surface area contributed by atoms with E-state index < -0.39 is 26.0 Å². The summed E-state index contributed by atoms with van der Waals surface area (Å²) in [5.41, 5.74) is 5.22. The Balaban J connectivity index is 2.18. The van der Waals surface area contributed by atoms with Crippen LogP contribution in [0.4, 0.5) is 0 Å². The second kappa shape index (κ2) is 9.97. The van der Waals surface area contributed by atoms with Crippen molar-refractivity contribution in [3.63, 3.8) is 0 Å². The molecule has 29 heavy (non-hydrogen) atoms. The standard InChI is InChI=1S/C22H23Cl2NO3Si/c1-28-22(27)19(25-21(26)20-17(23)6-5-7-18(20)24)14-16-10-8-15(9-11-16)12-13-29(2,3)4/h5-11,19H,14H2,1-4H3,(H,25,26)/t19-/m0/s1. The summed E-state index contributed by atoms with van der Waals surface area (Å²) in [6.07, 6.45) is 0.266. The number of carbonyl (C=O) groups is 2. The van der Waals surface area contributed by atoms with Crippen LogP contribution in [0, 0.1) is 11.5 Å². The molecule has 7 heteroatoms. The Morgan fingerprint density at radius 2 is 1.66 bits per heavy atom. The summed E-state index contributed by atoms with van der Waals surface area (Å²) < 4.78 is 4.84. The molecule has 1 amide bonds. The fraction of sp³-hybridized carbons (Fsp3) is 0.273. The molecule has 152 valence electrons. The van der Waals surface area contributed by atoms with Gasteiger partial charge in [-0.05, 0) is 29.8 Å². The van der Waals surface area contributed by atoms with E-state index in [0.29, 0.717) is 0 Å². The fourth-order valence-electron chi connectivity index (χ4n) is 2.50. The predicted octanol–water partition coefficient (Wildman–Crippen LogP) is 4.74. The maximum Gasteiger partial charge on any atom is 0.328 e. The lowest BCUT2D eigenvalue weighted by Gasteiger charge is -2.17. The van der Waals surface area contributed by atoms with Crippen LogP contribution in [0.1, 0.15) is 21.5 Å². The van der Waals surface area contributed by atoms with Crippen LogP contribution in [-0.2, 0) is 16.0 Å². The minimum atomic E-state index is -1.45. The van der Waals surface area contributed by atoms with Gasteiger partial charge in [-0.2, -0.15) is 0 Å². The van der Waals surface area contributed by atoms with E-state index in [-0.39, 0.29) is 22.0 Å². The maximum absolute atomic E-state index is 12.6. The summed E-state index contributed by atoms with van der Waals surface area (Å²) in [6, 6.07) is 11.5. The second-order valence-corrected chi connectivity index (χ2v) is 13.1. The Labute approximate surface area is 182 Å². The molecule has 2 rings (SSSR count). The number of halogens is 2. The molecule has 0 aliphatic rings. The molecular formula is C22H23Cl2NO3Si. The van der Waals surface area contributed by atoms with Crippen molar-refractivity contribution in [2.24, 2.45) is 0 Å². The lowest BCUT2D eigenvalue weighted by Crippen LogP contribution is -2.43. The van der Waals surface area contributed by atoms with Crippen molar-refractivity contribution in [1.29, 1.82) is 0 Å². The van der Waals surface area contributed by atoms with Gasteiger partial charge in [0, 0.05) is 12.0 Å². The van der Waals surface area contributed by atoms with Crippen LogP contribution in [0.2, 0.25) is 29.7 Å². The van der Waals surface area contributed by atoms with Gasteiger partial charge in [0.2, 0.25) is 0 Å². The molecule has 0 bridgehead atoms. The summed E-state index contributed by atoms with van der Waals surface area (Å²) in [4.78, 5) is 24.9. The van der Waals surface area contributed by atoms with Crippen molar-refractivity contribution in [2.45, 2.75) is 32.1 Å². The Morgan fingerprint density at radius 1 is 1.07 bits per heavy atom. The number of benzene rings is 2. The number of hydrogen-bond donors (Lipinski definition) is 1. The molecule has 0 aliphatic carbocycles. The number of ether oxygens (including phenoxy) is 1. The summed E-state index contributed by atoms with van der Waals surface area (Å²) in [7, 11) is -0.174. The van der Waals surface area contributed by atoms with Gasteiger partial charge in [-0.1, -0.05) is 67.0 Å². The number of nitrogens with one attached hydrogen (secondary N) is 1. The molecule has 0 aromatic heterocycles. The number of carbonyl (C=O) groups excluding carboxylic acids is 2.